The lowest BCUT2D eigenvalue weighted by molar-refractivity contribution is 0.307. The summed E-state index contributed by atoms with van der Waals surface area (Å²) in [7, 11) is 1.70. The summed E-state index contributed by atoms with van der Waals surface area (Å²) in [5.41, 5.74) is 0.961. The number of unbranched alkanes of at least 4 members (excludes halogenated alkanes) is 1. The quantitative estimate of drug-likeness (QED) is 0.597. The minimum atomic E-state index is -3.38. The number of hydrogen-bond donors (Lipinski definition) is 0. The van der Waals surface area contributed by atoms with Gasteiger partial charge in [-0.15, -0.1) is 0 Å². The maximum absolute atomic E-state index is 10.7. The SMILES string of the molecule is Cc1cc(Cl)ccc1OCCCCS(=O)(=O)Cl. The van der Waals surface area contributed by atoms with Crippen LogP contribution >= 0.6 is 22.3 Å². The molecule has 1 rings (SSSR count). The molecule has 0 N–H and O–H groups in total. The molecule has 0 aliphatic heterocycles. The zero-order valence-electron chi connectivity index (χ0n) is 9.45. The van der Waals surface area contributed by atoms with Crippen LogP contribution in [-0.4, -0.2) is 20.8 Å². The van der Waals surface area contributed by atoms with Gasteiger partial charge >= 0.3 is 0 Å². The van der Waals surface area contributed by atoms with Gasteiger partial charge in [0.15, 0.2) is 0 Å². The molecule has 0 aliphatic carbocycles. The van der Waals surface area contributed by atoms with Crippen LogP contribution in [0.5, 0.6) is 5.75 Å². The van der Waals surface area contributed by atoms with Crippen molar-refractivity contribution in [1.82, 2.24) is 0 Å². The van der Waals surface area contributed by atoms with Gasteiger partial charge in [0.25, 0.3) is 0 Å². The van der Waals surface area contributed by atoms with E-state index in [-0.39, 0.29) is 5.75 Å². The highest BCUT2D eigenvalue weighted by Gasteiger charge is 2.04. The first-order chi connectivity index (χ1) is 7.88. The third kappa shape index (κ3) is 6.15. The molecule has 0 aliphatic rings. The number of halogens is 2. The summed E-state index contributed by atoms with van der Waals surface area (Å²) in [4.78, 5) is 0. The van der Waals surface area contributed by atoms with Crippen molar-refractivity contribution in [2.75, 3.05) is 12.4 Å². The largest absolute Gasteiger partial charge is 0.493 e. The molecule has 1 aromatic rings. The van der Waals surface area contributed by atoms with Crippen molar-refractivity contribution in [2.24, 2.45) is 0 Å². The van der Waals surface area contributed by atoms with Crippen molar-refractivity contribution >= 4 is 31.3 Å². The normalized spacial score (nSPS) is 11.5. The van der Waals surface area contributed by atoms with Gasteiger partial charge < -0.3 is 4.74 Å². The standard InChI is InChI=1S/C11H14Cl2O3S/c1-9-8-10(12)4-5-11(9)16-6-2-3-7-17(13,14)15/h4-5,8H,2-3,6-7H2,1H3. The molecule has 0 fully saturated rings. The third-order valence-electron chi connectivity index (χ3n) is 2.18. The third-order valence-corrected chi connectivity index (χ3v) is 3.65. The molecule has 0 saturated heterocycles. The highest BCUT2D eigenvalue weighted by Crippen LogP contribution is 2.21. The Hall–Kier alpha value is -0.450. The van der Waals surface area contributed by atoms with E-state index >= 15 is 0 Å². The minimum Gasteiger partial charge on any atom is -0.493 e. The lowest BCUT2D eigenvalue weighted by Gasteiger charge is -2.08. The van der Waals surface area contributed by atoms with E-state index in [4.69, 9.17) is 27.0 Å². The Morgan fingerprint density at radius 3 is 2.59 bits per heavy atom. The first-order valence-electron chi connectivity index (χ1n) is 5.20. The van der Waals surface area contributed by atoms with E-state index in [0.29, 0.717) is 24.5 Å². The molecule has 3 nitrogen and oxygen atoms in total. The van der Waals surface area contributed by atoms with Gasteiger partial charge in [-0.25, -0.2) is 8.42 Å². The Kier molecular flexibility index (Phi) is 5.56. The molecule has 6 heteroatoms. The van der Waals surface area contributed by atoms with Crippen LogP contribution in [-0.2, 0) is 9.05 Å². The van der Waals surface area contributed by atoms with Crippen LogP contribution in [0.25, 0.3) is 0 Å². The second-order valence-corrected chi connectivity index (χ2v) is 7.04. The van der Waals surface area contributed by atoms with E-state index in [1.54, 1.807) is 12.1 Å². The van der Waals surface area contributed by atoms with E-state index in [1.165, 1.54) is 0 Å². The van der Waals surface area contributed by atoms with Gasteiger partial charge in [0.2, 0.25) is 9.05 Å². The molecule has 0 saturated carbocycles. The van der Waals surface area contributed by atoms with Crippen LogP contribution in [0, 0.1) is 6.92 Å². The highest BCUT2D eigenvalue weighted by molar-refractivity contribution is 8.13. The second kappa shape index (κ2) is 6.47. The van der Waals surface area contributed by atoms with E-state index in [0.717, 1.165) is 11.3 Å². The molecule has 0 atom stereocenters. The van der Waals surface area contributed by atoms with E-state index in [1.807, 2.05) is 13.0 Å². The van der Waals surface area contributed by atoms with Crippen LogP contribution in [0.1, 0.15) is 18.4 Å². The summed E-state index contributed by atoms with van der Waals surface area (Å²) in [6.45, 7) is 2.37. The lowest BCUT2D eigenvalue weighted by atomic mass is 10.2. The summed E-state index contributed by atoms with van der Waals surface area (Å²) < 4.78 is 26.8. The van der Waals surface area contributed by atoms with Crippen LogP contribution < -0.4 is 4.74 Å². The Morgan fingerprint density at radius 1 is 1.29 bits per heavy atom. The van der Waals surface area contributed by atoms with Crippen molar-refractivity contribution in [2.45, 2.75) is 19.8 Å². The number of rotatable bonds is 6. The van der Waals surface area contributed by atoms with Crippen molar-refractivity contribution in [3.63, 3.8) is 0 Å². The molecule has 0 amide bonds. The average molecular weight is 297 g/mol. The van der Waals surface area contributed by atoms with E-state index in [9.17, 15) is 8.42 Å². The highest BCUT2D eigenvalue weighted by atomic mass is 35.7. The molecule has 96 valence electrons. The van der Waals surface area contributed by atoms with Crippen molar-refractivity contribution < 1.29 is 13.2 Å². The topological polar surface area (TPSA) is 43.4 Å². The molecular formula is C11H14Cl2O3S. The van der Waals surface area contributed by atoms with Gasteiger partial charge in [-0.3, -0.25) is 0 Å². The smallest absolute Gasteiger partial charge is 0.232 e. The predicted octanol–water partition coefficient (Wildman–Crippen LogP) is 3.38. The van der Waals surface area contributed by atoms with E-state index in [2.05, 4.69) is 0 Å². The Bertz CT molecular complexity index is 472. The monoisotopic (exact) mass is 296 g/mol. The maximum atomic E-state index is 10.7. The van der Waals surface area contributed by atoms with Gasteiger partial charge in [-0.05, 0) is 43.5 Å². The fraction of sp³-hybridized carbons (Fsp3) is 0.455. The predicted molar refractivity (Wildman–Crippen MR) is 70.6 cm³/mol. The fourth-order valence-electron chi connectivity index (χ4n) is 1.33. The summed E-state index contributed by atoms with van der Waals surface area (Å²) in [6, 6.07) is 5.38. The van der Waals surface area contributed by atoms with Crippen LogP contribution in [0.4, 0.5) is 0 Å². The summed E-state index contributed by atoms with van der Waals surface area (Å²) in [5, 5.41) is 0.670. The number of ether oxygens (including phenoxy) is 1. The summed E-state index contributed by atoms with van der Waals surface area (Å²) in [5.74, 6) is 0.750. The van der Waals surface area contributed by atoms with Gasteiger partial charge in [0.05, 0.1) is 12.4 Å². The lowest BCUT2D eigenvalue weighted by Crippen LogP contribution is -2.03. The number of benzene rings is 1. The van der Waals surface area contributed by atoms with Crippen molar-refractivity contribution in [3.05, 3.63) is 28.8 Å². The molecule has 17 heavy (non-hydrogen) atoms. The Balaban J connectivity index is 2.32. The van der Waals surface area contributed by atoms with Crippen LogP contribution in [0.15, 0.2) is 18.2 Å². The van der Waals surface area contributed by atoms with Crippen LogP contribution in [0.2, 0.25) is 5.02 Å². The summed E-state index contributed by atoms with van der Waals surface area (Å²) >= 11 is 5.81. The van der Waals surface area contributed by atoms with Crippen LogP contribution in [0.3, 0.4) is 0 Å². The zero-order chi connectivity index (χ0) is 12.9. The van der Waals surface area contributed by atoms with Crippen molar-refractivity contribution in [1.29, 1.82) is 0 Å². The molecule has 0 aromatic heterocycles. The first kappa shape index (κ1) is 14.6. The van der Waals surface area contributed by atoms with E-state index < -0.39 is 9.05 Å². The molecular weight excluding hydrogens is 283 g/mol. The first-order valence-corrected chi connectivity index (χ1v) is 8.05. The molecule has 0 unspecified atom stereocenters. The van der Waals surface area contributed by atoms with Gasteiger partial charge in [-0.1, -0.05) is 11.6 Å². The molecule has 0 spiro atoms. The Labute approximate surface area is 111 Å². The van der Waals surface area contributed by atoms with Crippen molar-refractivity contribution in [3.8, 4) is 5.75 Å². The van der Waals surface area contributed by atoms with Gasteiger partial charge in [-0.2, -0.15) is 0 Å². The van der Waals surface area contributed by atoms with Gasteiger partial charge in [0, 0.05) is 15.7 Å². The Morgan fingerprint density at radius 2 is 2.00 bits per heavy atom. The average Bonchev–Trinajstić information content (AvgIpc) is 2.18. The molecule has 1 aromatic carbocycles. The molecule has 0 bridgehead atoms. The molecule has 0 heterocycles. The zero-order valence-corrected chi connectivity index (χ0v) is 11.8. The van der Waals surface area contributed by atoms with Gasteiger partial charge in [0.1, 0.15) is 5.75 Å². The maximum Gasteiger partial charge on any atom is 0.232 e. The summed E-state index contributed by atoms with van der Waals surface area (Å²) in [6.07, 6.45) is 1.15. The fourth-order valence-corrected chi connectivity index (χ4v) is 2.44. The molecule has 0 radical (unpaired) electrons. The number of hydrogen-bond acceptors (Lipinski definition) is 3. The second-order valence-electron chi connectivity index (χ2n) is 3.71. The number of aryl methyl sites for hydroxylation is 1. The minimum absolute atomic E-state index is 0.0164.